The topological polar surface area (TPSA) is 30.5 Å². The van der Waals surface area contributed by atoms with E-state index < -0.39 is 23.8 Å². The Morgan fingerprint density at radius 2 is 1.88 bits per heavy atom. The molecule has 2 aromatic carbocycles. The van der Waals surface area contributed by atoms with E-state index in [1.54, 1.807) is 0 Å². The number of halogens is 2. The number of hydrogen-bond donors (Lipinski definition) is 1. The normalized spacial score (nSPS) is 25.8. The number of nitrogens with one attached hydrogen (secondary N) is 1. The molecule has 4 unspecified atom stereocenters. The number of anilines is 1. The minimum absolute atomic E-state index is 0.266. The van der Waals surface area contributed by atoms with Gasteiger partial charge in [0.05, 0.1) is 19.3 Å². The summed E-state index contributed by atoms with van der Waals surface area (Å²) in [5.41, 5.74) is 3.43. The van der Waals surface area contributed by atoms with Gasteiger partial charge < -0.3 is 14.8 Å². The van der Waals surface area contributed by atoms with E-state index in [-0.39, 0.29) is 11.7 Å². The molecule has 2 aliphatic rings. The summed E-state index contributed by atoms with van der Waals surface area (Å²) in [5, 5.41) is 3.35. The van der Waals surface area contributed by atoms with Crippen LogP contribution in [0.4, 0.5) is 14.5 Å². The van der Waals surface area contributed by atoms with E-state index in [4.69, 9.17) is 9.47 Å². The van der Waals surface area contributed by atoms with Gasteiger partial charge in [0.25, 0.3) is 0 Å². The van der Waals surface area contributed by atoms with Crippen LogP contribution in [0, 0.1) is 11.6 Å². The molecule has 4 atom stereocenters. The van der Waals surface area contributed by atoms with E-state index in [9.17, 15) is 8.78 Å². The lowest BCUT2D eigenvalue weighted by molar-refractivity contribution is -0.151. The summed E-state index contributed by atoms with van der Waals surface area (Å²) in [5.74, 6) is -0.465. The molecule has 5 heteroatoms. The molecule has 4 rings (SSSR count). The van der Waals surface area contributed by atoms with Crippen LogP contribution >= 0.6 is 0 Å². The van der Waals surface area contributed by atoms with Crippen molar-refractivity contribution in [1.82, 2.24) is 0 Å². The van der Waals surface area contributed by atoms with Gasteiger partial charge in [-0.1, -0.05) is 26.0 Å². The zero-order chi connectivity index (χ0) is 18.3. The van der Waals surface area contributed by atoms with Crippen LogP contribution in [0.3, 0.4) is 0 Å². The third-order valence-electron chi connectivity index (χ3n) is 5.49. The smallest absolute Gasteiger partial charge is 0.128 e. The van der Waals surface area contributed by atoms with Gasteiger partial charge in [0.2, 0.25) is 0 Å². The second-order valence-corrected chi connectivity index (χ2v) is 7.07. The van der Waals surface area contributed by atoms with Gasteiger partial charge in [-0.3, -0.25) is 0 Å². The molecule has 0 aromatic heterocycles. The quantitative estimate of drug-likeness (QED) is 0.827. The van der Waals surface area contributed by atoms with Crippen LogP contribution in [-0.2, 0) is 9.47 Å². The Morgan fingerprint density at radius 1 is 1.08 bits per heavy atom. The third-order valence-corrected chi connectivity index (χ3v) is 5.49. The highest BCUT2D eigenvalue weighted by Crippen LogP contribution is 2.45. The summed E-state index contributed by atoms with van der Waals surface area (Å²) in [6.07, 6.45) is 0.353. The van der Waals surface area contributed by atoms with Crippen LogP contribution in [0.15, 0.2) is 36.4 Å². The maximum absolute atomic E-state index is 14.4. The minimum Gasteiger partial charge on any atom is -0.375 e. The van der Waals surface area contributed by atoms with Crippen molar-refractivity contribution in [2.45, 2.75) is 44.4 Å². The summed E-state index contributed by atoms with van der Waals surface area (Å²) >= 11 is 0. The maximum Gasteiger partial charge on any atom is 0.128 e. The second-order valence-electron chi connectivity index (χ2n) is 7.07. The first kappa shape index (κ1) is 17.4. The van der Waals surface area contributed by atoms with E-state index in [2.05, 4.69) is 31.3 Å². The molecule has 2 aliphatic heterocycles. The highest BCUT2D eigenvalue weighted by molar-refractivity contribution is 5.59. The first-order valence-electron chi connectivity index (χ1n) is 9.17. The van der Waals surface area contributed by atoms with Gasteiger partial charge in [0.1, 0.15) is 23.8 Å². The zero-order valence-electron chi connectivity index (χ0n) is 15.0. The molecule has 0 radical (unpaired) electrons. The van der Waals surface area contributed by atoms with E-state index in [0.717, 1.165) is 29.8 Å². The predicted octanol–water partition coefficient (Wildman–Crippen LogP) is 5.10. The van der Waals surface area contributed by atoms with Crippen molar-refractivity contribution in [3.63, 3.8) is 0 Å². The average molecular weight is 359 g/mol. The summed E-state index contributed by atoms with van der Waals surface area (Å²) in [6, 6.07) is 9.27. The predicted molar refractivity (Wildman–Crippen MR) is 96.3 cm³/mol. The number of rotatable bonds is 3. The van der Waals surface area contributed by atoms with Gasteiger partial charge in [-0.05, 0) is 42.2 Å². The molecule has 2 aromatic rings. The number of hydrogen-bond acceptors (Lipinski definition) is 3. The van der Waals surface area contributed by atoms with Gasteiger partial charge >= 0.3 is 0 Å². The van der Waals surface area contributed by atoms with Crippen molar-refractivity contribution in [2.75, 3.05) is 18.5 Å². The number of ether oxygens (including phenoxy) is 2. The standard InChI is InChI=1S/C21H23F2NO2/c1-3-12(2)13-4-7-18-16(10-13)20-21(26-9-8-25-20)19(24-18)15-11-14(22)5-6-17(15)23/h4-7,10-12,19-21,24H,3,8-9H2,1-2H3. The molecule has 138 valence electrons. The molecular weight excluding hydrogens is 336 g/mol. The monoisotopic (exact) mass is 359 g/mol. The Hall–Kier alpha value is -1.98. The van der Waals surface area contributed by atoms with Crippen molar-refractivity contribution >= 4 is 5.69 Å². The maximum atomic E-state index is 14.4. The van der Waals surface area contributed by atoms with Crippen LogP contribution in [-0.4, -0.2) is 19.3 Å². The number of benzene rings is 2. The molecule has 0 spiro atoms. The molecule has 0 aliphatic carbocycles. The molecule has 1 fully saturated rings. The Morgan fingerprint density at radius 3 is 2.69 bits per heavy atom. The van der Waals surface area contributed by atoms with Crippen molar-refractivity contribution in [3.05, 3.63) is 64.7 Å². The Bertz CT molecular complexity index is 811. The van der Waals surface area contributed by atoms with Gasteiger partial charge in [0.15, 0.2) is 0 Å². The number of fused-ring (bicyclic) bond motifs is 3. The Labute approximate surface area is 152 Å². The van der Waals surface area contributed by atoms with E-state index in [1.165, 1.54) is 11.6 Å². The average Bonchev–Trinajstić information content (AvgIpc) is 2.68. The molecule has 2 heterocycles. The highest BCUT2D eigenvalue weighted by atomic mass is 19.1. The molecule has 1 saturated heterocycles. The lowest BCUT2D eigenvalue weighted by Crippen LogP contribution is -2.43. The van der Waals surface area contributed by atoms with Crippen LogP contribution < -0.4 is 5.32 Å². The molecule has 3 nitrogen and oxygen atoms in total. The lowest BCUT2D eigenvalue weighted by Gasteiger charge is -2.43. The lowest BCUT2D eigenvalue weighted by atomic mass is 9.85. The SMILES string of the molecule is CCC(C)c1ccc2c(c1)C1OCCOC1C(c1cc(F)ccc1F)N2. The van der Waals surface area contributed by atoms with Crippen LogP contribution in [0.1, 0.15) is 55.0 Å². The van der Waals surface area contributed by atoms with Crippen LogP contribution in [0.2, 0.25) is 0 Å². The molecule has 1 N–H and O–H groups in total. The minimum atomic E-state index is -0.502. The third kappa shape index (κ3) is 2.99. The van der Waals surface area contributed by atoms with Crippen LogP contribution in [0.5, 0.6) is 0 Å². The summed E-state index contributed by atoms with van der Waals surface area (Å²) < 4.78 is 40.1. The van der Waals surface area contributed by atoms with E-state index in [1.807, 2.05) is 6.07 Å². The Balaban J connectivity index is 1.77. The summed E-state index contributed by atoms with van der Waals surface area (Å²) in [6.45, 7) is 5.29. The fourth-order valence-corrected chi connectivity index (χ4v) is 3.83. The largest absolute Gasteiger partial charge is 0.375 e. The summed E-state index contributed by atoms with van der Waals surface area (Å²) in [4.78, 5) is 0. The van der Waals surface area contributed by atoms with E-state index >= 15 is 0 Å². The molecule has 0 saturated carbocycles. The first-order valence-corrected chi connectivity index (χ1v) is 9.17. The van der Waals surface area contributed by atoms with Crippen molar-refractivity contribution in [3.8, 4) is 0 Å². The van der Waals surface area contributed by atoms with Crippen molar-refractivity contribution < 1.29 is 18.3 Å². The molecule has 0 bridgehead atoms. The Kier molecular flexibility index (Phi) is 4.67. The van der Waals surface area contributed by atoms with Gasteiger partial charge in [0, 0.05) is 16.8 Å². The zero-order valence-corrected chi connectivity index (χ0v) is 15.0. The van der Waals surface area contributed by atoms with E-state index in [0.29, 0.717) is 19.1 Å². The van der Waals surface area contributed by atoms with Crippen LogP contribution in [0.25, 0.3) is 0 Å². The first-order chi connectivity index (χ1) is 12.6. The van der Waals surface area contributed by atoms with Gasteiger partial charge in [-0.2, -0.15) is 0 Å². The van der Waals surface area contributed by atoms with Crippen molar-refractivity contribution in [2.24, 2.45) is 0 Å². The fourth-order valence-electron chi connectivity index (χ4n) is 3.83. The summed E-state index contributed by atoms with van der Waals surface area (Å²) in [7, 11) is 0. The molecule has 0 amide bonds. The molecule has 26 heavy (non-hydrogen) atoms. The van der Waals surface area contributed by atoms with Gasteiger partial charge in [-0.25, -0.2) is 8.78 Å². The fraction of sp³-hybridized carbons (Fsp3) is 0.429. The van der Waals surface area contributed by atoms with Crippen molar-refractivity contribution in [1.29, 1.82) is 0 Å². The second kappa shape index (κ2) is 6.97. The highest BCUT2D eigenvalue weighted by Gasteiger charge is 2.42. The molecular formula is C21H23F2NO2. The van der Waals surface area contributed by atoms with Gasteiger partial charge in [-0.15, -0.1) is 0 Å².